The number of hydrogen-bond donors (Lipinski definition) is 1. The van der Waals surface area contributed by atoms with Crippen LogP contribution < -0.4 is 5.32 Å². The van der Waals surface area contributed by atoms with Crippen molar-refractivity contribution in [1.29, 1.82) is 0 Å². The van der Waals surface area contributed by atoms with E-state index in [1.807, 2.05) is 0 Å². The number of esters is 1. The van der Waals surface area contributed by atoms with Crippen LogP contribution in [-0.2, 0) is 33.3 Å². The van der Waals surface area contributed by atoms with E-state index in [9.17, 15) is 27.2 Å². The van der Waals surface area contributed by atoms with Crippen LogP contribution in [0.25, 0.3) is 0 Å². The number of rotatable bonds is 6. The van der Waals surface area contributed by atoms with Gasteiger partial charge in [-0.1, -0.05) is 30.3 Å². The van der Waals surface area contributed by atoms with Crippen molar-refractivity contribution in [2.75, 3.05) is 7.11 Å². The second-order valence-electron chi connectivity index (χ2n) is 5.85. The molecule has 8 heteroatoms. The fourth-order valence-corrected chi connectivity index (χ4v) is 2.48. The molecule has 2 aromatic rings. The predicted octanol–water partition coefficient (Wildman–Crippen LogP) is 3.29. The summed E-state index contributed by atoms with van der Waals surface area (Å²) in [5, 5.41) is 2.45. The summed E-state index contributed by atoms with van der Waals surface area (Å²) in [6.45, 7) is 0. The molecule has 0 radical (unpaired) electrons. The normalized spacial score (nSPS) is 12.3. The number of nitrogens with one attached hydrogen (secondary N) is 1. The summed E-state index contributed by atoms with van der Waals surface area (Å²) >= 11 is 0. The van der Waals surface area contributed by atoms with Crippen LogP contribution in [0.3, 0.4) is 0 Å². The van der Waals surface area contributed by atoms with Crippen molar-refractivity contribution in [1.82, 2.24) is 5.32 Å². The molecule has 0 bridgehead atoms. The zero-order chi connectivity index (χ0) is 20.0. The molecule has 0 saturated heterocycles. The zero-order valence-corrected chi connectivity index (χ0v) is 14.3. The Morgan fingerprint density at radius 2 is 1.74 bits per heavy atom. The molecule has 0 aliphatic heterocycles. The number of halogens is 4. The number of benzene rings is 2. The van der Waals surface area contributed by atoms with Crippen LogP contribution in [0.4, 0.5) is 17.6 Å². The summed E-state index contributed by atoms with van der Waals surface area (Å²) in [5.74, 6) is -1.79. The van der Waals surface area contributed by atoms with Gasteiger partial charge in [-0.15, -0.1) is 0 Å². The molecule has 4 nitrogen and oxygen atoms in total. The van der Waals surface area contributed by atoms with E-state index in [1.165, 1.54) is 36.4 Å². The largest absolute Gasteiger partial charge is 0.467 e. The van der Waals surface area contributed by atoms with Gasteiger partial charge in [0.25, 0.3) is 0 Å². The van der Waals surface area contributed by atoms with Gasteiger partial charge in [-0.05, 0) is 29.3 Å². The Morgan fingerprint density at radius 3 is 2.33 bits per heavy atom. The van der Waals surface area contributed by atoms with Gasteiger partial charge in [-0.3, -0.25) is 4.79 Å². The highest BCUT2D eigenvalue weighted by atomic mass is 19.4. The van der Waals surface area contributed by atoms with Crippen LogP contribution in [0.1, 0.15) is 16.7 Å². The topological polar surface area (TPSA) is 55.4 Å². The minimum Gasteiger partial charge on any atom is -0.467 e. The summed E-state index contributed by atoms with van der Waals surface area (Å²) in [6.07, 6.45) is -4.79. The molecule has 0 heterocycles. The molecule has 1 N–H and O–H groups in total. The Hall–Kier alpha value is -2.90. The average molecular weight is 383 g/mol. The third kappa shape index (κ3) is 6.09. The van der Waals surface area contributed by atoms with Gasteiger partial charge in [-0.2, -0.15) is 13.2 Å². The van der Waals surface area contributed by atoms with E-state index < -0.39 is 35.5 Å². The molecular formula is C19H17F4NO3. The van der Waals surface area contributed by atoms with E-state index >= 15 is 0 Å². The lowest BCUT2D eigenvalue weighted by Crippen LogP contribution is -2.43. The molecule has 0 saturated carbocycles. The molecule has 0 unspecified atom stereocenters. The van der Waals surface area contributed by atoms with Crippen LogP contribution in [-0.4, -0.2) is 25.0 Å². The van der Waals surface area contributed by atoms with Gasteiger partial charge in [0.2, 0.25) is 5.91 Å². The van der Waals surface area contributed by atoms with Crippen molar-refractivity contribution < 1.29 is 31.9 Å². The third-order valence-electron chi connectivity index (χ3n) is 3.79. The second-order valence-corrected chi connectivity index (χ2v) is 5.85. The number of hydrogen-bond acceptors (Lipinski definition) is 3. The van der Waals surface area contributed by atoms with Gasteiger partial charge < -0.3 is 10.1 Å². The lowest BCUT2D eigenvalue weighted by molar-refractivity contribution is -0.145. The molecular weight excluding hydrogens is 366 g/mol. The maximum atomic E-state index is 13.0. The standard InChI is InChI=1S/C19H17F4NO3/c1-27-18(26)16(10-12-5-7-15(20)8-6-12)24-17(25)11-13-3-2-4-14(9-13)19(21,22)23/h2-9,16H,10-11H2,1H3,(H,24,25)/t16-/m1/s1. The molecule has 2 rings (SSSR count). The summed E-state index contributed by atoms with van der Waals surface area (Å²) in [5.41, 5.74) is -0.109. The van der Waals surface area contributed by atoms with Crippen LogP contribution in [0, 0.1) is 5.82 Å². The van der Waals surface area contributed by atoms with Gasteiger partial charge in [0.1, 0.15) is 11.9 Å². The van der Waals surface area contributed by atoms with Crippen molar-refractivity contribution in [2.45, 2.75) is 25.1 Å². The molecule has 0 spiro atoms. The third-order valence-corrected chi connectivity index (χ3v) is 3.79. The van der Waals surface area contributed by atoms with Crippen molar-refractivity contribution >= 4 is 11.9 Å². The number of amides is 1. The van der Waals surface area contributed by atoms with Gasteiger partial charge in [0.15, 0.2) is 0 Å². The zero-order valence-electron chi connectivity index (χ0n) is 14.3. The fraction of sp³-hybridized carbons (Fsp3) is 0.263. The Morgan fingerprint density at radius 1 is 1.07 bits per heavy atom. The van der Waals surface area contributed by atoms with E-state index in [-0.39, 0.29) is 18.4 Å². The Kier molecular flexibility index (Phi) is 6.55. The molecule has 27 heavy (non-hydrogen) atoms. The van der Waals surface area contributed by atoms with Crippen LogP contribution in [0.15, 0.2) is 48.5 Å². The van der Waals surface area contributed by atoms with E-state index in [0.717, 1.165) is 19.2 Å². The van der Waals surface area contributed by atoms with Crippen LogP contribution in [0.2, 0.25) is 0 Å². The maximum Gasteiger partial charge on any atom is 0.416 e. The molecule has 0 aromatic heterocycles. The fourth-order valence-electron chi connectivity index (χ4n) is 2.48. The highest BCUT2D eigenvalue weighted by Gasteiger charge is 2.30. The first-order valence-corrected chi connectivity index (χ1v) is 7.97. The smallest absolute Gasteiger partial charge is 0.416 e. The molecule has 2 aromatic carbocycles. The van der Waals surface area contributed by atoms with Crippen LogP contribution >= 0.6 is 0 Å². The van der Waals surface area contributed by atoms with Crippen LogP contribution in [0.5, 0.6) is 0 Å². The molecule has 0 aliphatic carbocycles. The van der Waals surface area contributed by atoms with E-state index in [2.05, 4.69) is 10.1 Å². The number of alkyl halides is 3. The van der Waals surface area contributed by atoms with Crippen molar-refractivity contribution in [3.63, 3.8) is 0 Å². The summed E-state index contributed by atoms with van der Waals surface area (Å²) in [6, 6.07) is 8.71. The van der Waals surface area contributed by atoms with Crippen molar-refractivity contribution in [2.24, 2.45) is 0 Å². The lowest BCUT2D eigenvalue weighted by Gasteiger charge is -2.17. The monoisotopic (exact) mass is 383 g/mol. The highest BCUT2D eigenvalue weighted by Crippen LogP contribution is 2.29. The minimum absolute atomic E-state index is 0.0568. The van der Waals surface area contributed by atoms with Crippen molar-refractivity contribution in [3.8, 4) is 0 Å². The molecule has 144 valence electrons. The minimum atomic E-state index is -4.51. The Labute approximate surface area is 153 Å². The number of carbonyl (C=O) groups is 2. The number of ether oxygens (including phenoxy) is 1. The van der Waals surface area contributed by atoms with E-state index in [4.69, 9.17) is 0 Å². The van der Waals surface area contributed by atoms with Gasteiger partial charge in [0, 0.05) is 6.42 Å². The highest BCUT2D eigenvalue weighted by molar-refractivity contribution is 5.85. The first kappa shape index (κ1) is 20.4. The average Bonchev–Trinajstić information content (AvgIpc) is 2.61. The summed E-state index contributed by atoms with van der Waals surface area (Å²) < 4.78 is 55.9. The van der Waals surface area contributed by atoms with E-state index in [0.29, 0.717) is 5.56 Å². The SMILES string of the molecule is COC(=O)[C@@H](Cc1ccc(F)cc1)NC(=O)Cc1cccc(C(F)(F)F)c1. The van der Waals surface area contributed by atoms with E-state index in [1.54, 1.807) is 0 Å². The lowest BCUT2D eigenvalue weighted by atomic mass is 10.0. The molecule has 1 atom stereocenters. The first-order valence-electron chi connectivity index (χ1n) is 7.97. The molecule has 0 fully saturated rings. The quantitative estimate of drug-likeness (QED) is 0.615. The molecule has 1 amide bonds. The molecule has 0 aliphatic rings. The predicted molar refractivity (Wildman–Crippen MR) is 89.2 cm³/mol. The van der Waals surface area contributed by atoms with Crippen molar-refractivity contribution in [3.05, 3.63) is 71.0 Å². The second kappa shape index (κ2) is 8.66. The summed E-state index contributed by atoms with van der Waals surface area (Å²) in [7, 11) is 1.15. The Bertz CT molecular complexity index is 803. The first-order chi connectivity index (χ1) is 12.7. The Balaban J connectivity index is 2.07. The maximum absolute atomic E-state index is 13.0. The van der Waals surface area contributed by atoms with Gasteiger partial charge in [0.05, 0.1) is 19.1 Å². The summed E-state index contributed by atoms with van der Waals surface area (Å²) in [4.78, 5) is 24.1. The number of methoxy groups -OCH3 is 1. The van der Waals surface area contributed by atoms with Gasteiger partial charge in [-0.25, -0.2) is 9.18 Å². The number of carbonyl (C=O) groups excluding carboxylic acids is 2. The van der Waals surface area contributed by atoms with Gasteiger partial charge >= 0.3 is 12.1 Å².